The summed E-state index contributed by atoms with van der Waals surface area (Å²) in [5, 5.41) is 11.9. The normalized spacial score (nSPS) is 27.3. The second kappa shape index (κ2) is 8.33. The third-order valence-electron chi connectivity index (χ3n) is 7.54. The quantitative estimate of drug-likeness (QED) is 0.821. The summed E-state index contributed by atoms with van der Waals surface area (Å²) in [7, 11) is 1.79. The van der Waals surface area contributed by atoms with E-state index in [0.717, 1.165) is 50.5 Å². The van der Waals surface area contributed by atoms with Crippen LogP contribution in [-0.4, -0.2) is 54.2 Å². The summed E-state index contributed by atoms with van der Waals surface area (Å²) in [5.74, 6) is 1.03. The summed E-state index contributed by atoms with van der Waals surface area (Å²) < 4.78 is 5.76. The van der Waals surface area contributed by atoms with E-state index in [-0.39, 0.29) is 6.04 Å². The Labute approximate surface area is 180 Å². The van der Waals surface area contributed by atoms with E-state index in [4.69, 9.17) is 4.74 Å². The lowest BCUT2D eigenvalue weighted by molar-refractivity contribution is -0.0959. The fraction of sp³-hybridized carbons (Fsp3) is 0.538. The molecule has 2 aromatic carbocycles. The zero-order valence-electron chi connectivity index (χ0n) is 18.1. The first-order valence-electron chi connectivity index (χ1n) is 11.6. The molecule has 1 N–H and O–H groups in total. The summed E-state index contributed by atoms with van der Waals surface area (Å²) in [4.78, 5) is 5.05. The number of hydrogen-bond donors (Lipinski definition) is 1. The highest BCUT2D eigenvalue weighted by Crippen LogP contribution is 2.38. The Morgan fingerprint density at radius 3 is 2.47 bits per heavy atom. The van der Waals surface area contributed by atoms with Gasteiger partial charge in [0.2, 0.25) is 0 Å². The van der Waals surface area contributed by atoms with Gasteiger partial charge in [-0.3, -0.25) is 9.80 Å². The molecule has 2 atom stereocenters. The van der Waals surface area contributed by atoms with Crippen LogP contribution < -0.4 is 4.74 Å². The molecular weight excluding hydrogens is 372 g/mol. The van der Waals surface area contributed by atoms with Gasteiger partial charge in [0.25, 0.3) is 0 Å². The first-order valence-corrected chi connectivity index (χ1v) is 11.6. The lowest BCUT2D eigenvalue weighted by Gasteiger charge is -2.48. The molecule has 0 aromatic heterocycles. The molecular formula is C26H34N2O2. The van der Waals surface area contributed by atoms with E-state index in [9.17, 15) is 5.11 Å². The van der Waals surface area contributed by atoms with Crippen LogP contribution in [0.3, 0.4) is 0 Å². The highest BCUT2D eigenvalue weighted by Gasteiger charge is 2.46. The summed E-state index contributed by atoms with van der Waals surface area (Å²) in [6, 6.07) is 15.1. The maximum absolute atomic E-state index is 11.9. The van der Waals surface area contributed by atoms with Gasteiger partial charge in [-0.05, 0) is 74.4 Å². The minimum atomic E-state index is -0.774. The van der Waals surface area contributed by atoms with Gasteiger partial charge in [0, 0.05) is 25.2 Å². The molecule has 2 heterocycles. The number of rotatable bonds is 5. The molecule has 160 valence electrons. The smallest absolute Gasteiger partial charge is 0.123 e. The molecule has 3 aliphatic rings. The number of aliphatic hydroxyl groups is 1. The Hall–Kier alpha value is -1.88. The first kappa shape index (κ1) is 20.0. The third kappa shape index (κ3) is 3.66. The van der Waals surface area contributed by atoms with Crippen LogP contribution in [-0.2, 0) is 25.0 Å². The standard InChI is InChI=1S/C26H34N2O2/c1-30-24-17-21-9-7-8-20(21)16-22(24)18-27-15-12-26(29,23-10-3-2-4-11-23)25(19-27)28-13-5-6-14-28/h2-4,10-11,16-17,25,29H,5-9,12-15,18-19H2,1H3/t25-,26+/m1/s1. The molecule has 2 fully saturated rings. The molecule has 5 rings (SSSR count). The minimum Gasteiger partial charge on any atom is -0.496 e. The van der Waals surface area contributed by atoms with Gasteiger partial charge in [-0.1, -0.05) is 36.4 Å². The molecule has 2 aromatic rings. The third-order valence-corrected chi connectivity index (χ3v) is 7.54. The van der Waals surface area contributed by atoms with Crippen LogP contribution in [0.25, 0.3) is 0 Å². The number of methoxy groups -OCH3 is 1. The molecule has 0 unspecified atom stereocenters. The van der Waals surface area contributed by atoms with E-state index in [1.54, 1.807) is 7.11 Å². The average Bonchev–Trinajstić information content (AvgIpc) is 3.47. The van der Waals surface area contributed by atoms with E-state index in [1.807, 2.05) is 6.07 Å². The van der Waals surface area contributed by atoms with E-state index in [0.29, 0.717) is 0 Å². The first-order chi connectivity index (χ1) is 14.7. The van der Waals surface area contributed by atoms with Crippen molar-refractivity contribution in [1.82, 2.24) is 9.80 Å². The topological polar surface area (TPSA) is 35.9 Å². The molecule has 2 aliphatic heterocycles. The number of aryl methyl sites for hydroxylation is 2. The van der Waals surface area contributed by atoms with Crippen LogP contribution >= 0.6 is 0 Å². The predicted molar refractivity (Wildman–Crippen MR) is 120 cm³/mol. The van der Waals surface area contributed by atoms with Gasteiger partial charge in [0.15, 0.2) is 0 Å². The maximum atomic E-state index is 11.9. The van der Waals surface area contributed by atoms with Crippen LogP contribution in [0, 0.1) is 0 Å². The van der Waals surface area contributed by atoms with Gasteiger partial charge in [0.1, 0.15) is 11.4 Å². The van der Waals surface area contributed by atoms with Crippen molar-refractivity contribution in [3.8, 4) is 5.75 Å². The van der Waals surface area contributed by atoms with Crippen molar-refractivity contribution in [2.45, 2.75) is 56.7 Å². The second-order valence-electron chi connectivity index (χ2n) is 9.32. The monoisotopic (exact) mass is 406 g/mol. The van der Waals surface area contributed by atoms with Crippen LogP contribution in [0.4, 0.5) is 0 Å². The largest absolute Gasteiger partial charge is 0.496 e. The number of nitrogens with zero attached hydrogens (tertiary/aromatic N) is 2. The van der Waals surface area contributed by atoms with E-state index < -0.39 is 5.60 Å². The van der Waals surface area contributed by atoms with Crippen molar-refractivity contribution in [2.75, 3.05) is 33.3 Å². The van der Waals surface area contributed by atoms with Gasteiger partial charge < -0.3 is 9.84 Å². The Morgan fingerprint density at radius 1 is 1.00 bits per heavy atom. The number of fused-ring (bicyclic) bond motifs is 1. The van der Waals surface area contributed by atoms with Gasteiger partial charge in [-0.15, -0.1) is 0 Å². The van der Waals surface area contributed by atoms with Crippen LogP contribution in [0.15, 0.2) is 42.5 Å². The zero-order valence-corrected chi connectivity index (χ0v) is 18.1. The molecule has 4 heteroatoms. The number of ether oxygens (including phenoxy) is 1. The summed E-state index contributed by atoms with van der Waals surface area (Å²) >= 11 is 0. The minimum absolute atomic E-state index is 0.136. The van der Waals surface area contributed by atoms with Gasteiger partial charge in [0.05, 0.1) is 13.2 Å². The molecule has 0 radical (unpaired) electrons. The van der Waals surface area contributed by atoms with Gasteiger partial charge in [-0.25, -0.2) is 0 Å². The van der Waals surface area contributed by atoms with E-state index >= 15 is 0 Å². The average molecular weight is 407 g/mol. The number of likely N-dealkylation sites (tertiary alicyclic amines) is 2. The van der Waals surface area contributed by atoms with Crippen molar-refractivity contribution < 1.29 is 9.84 Å². The zero-order chi connectivity index (χ0) is 20.6. The van der Waals surface area contributed by atoms with Crippen molar-refractivity contribution >= 4 is 0 Å². The number of benzene rings is 2. The summed E-state index contributed by atoms with van der Waals surface area (Å²) in [6.07, 6.45) is 6.87. The van der Waals surface area contributed by atoms with E-state index in [2.05, 4.69) is 46.2 Å². The second-order valence-corrected chi connectivity index (χ2v) is 9.32. The molecule has 0 spiro atoms. The van der Waals surface area contributed by atoms with Crippen molar-refractivity contribution in [1.29, 1.82) is 0 Å². The highest BCUT2D eigenvalue weighted by molar-refractivity contribution is 5.45. The predicted octanol–water partition coefficient (Wildman–Crippen LogP) is 3.74. The molecule has 1 aliphatic carbocycles. The summed E-state index contributed by atoms with van der Waals surface area (Å²) in [5.41, 5.74) is 4.55. The van der Waals surface area contributed by atoms with Crippen molar-refractivity contribution in [2.24, 2.45) is 0 Å². The van der Waals surface area contributed by atoms with Crippen LogP contribution in [0.1, 0.15) is 47.9 Å². The maximum Gasteiger partial charge on any atom is 0.123 e. The fourth-order valence-corrected chi connectivity index (χ4v) is 5.87. The molecule has 0 saturated carbocycles. The number of piperidine rings is 1. The fourth-order valence-electron chi connectivity index (χ4n) is 5.87. The van der Waals surface area contributed by atoms with Crippen molar-refractivity contribution in [3.05, 3.63) is 64.7 Å². The number of hydrogen-bond acceptors (Lipinski definition) is 4. The lowest BCUT2D eigenvalue weighted by Crippen LogP contribution is -2.60. The highest BCUT2D eigenvalue weighted by atomic mass is 16.5. The molecule has 2 saturated heterocycles. The molecule has 0 bridgehead atoms. The molecule has 0 amide bonds. The Bertz CT molecular complexity index is 878. The summed E-state index contributed by atoms with van der Waals surface area (Å²) in [6.45, 7) is 4.87. The van der Waals surface area contributed by atoms with E-state index in [1.165, 1.54) is 48.8 Å². The van der Waals surface area contributed by atoms with Crippen molar-refractivity contribution in [3.63, 3.8) is 0 Å². The van der Waals surface area contributed by atoms with Gasteiger partial charge >= 0.3 is 0 Å². The van der Waals surface area contributed by atoms with Gasteiger partial charge in [-0.2, -0.15) is 0 Å². The Kier molecular flexibility index (Phi) is 5.57. The van der Waals surface area contributed by atoms with Crippen LogP contribution in [0.5, 0.6) is 5.75 Å². The Balaban J connectivity index is 1.40. The Morgan fingerprint density at radius 2 is 1.73 bits per heavy atom. The molecule has 30 heavy (non-hydrogen) atoms. The molecule has 4 nitrogen and oxygen atoms in total. The SMILES string of the molecule is COc1cc2c(cc1CN1CC[C@](O)(c3ccccc3)[C@H](N3CCCC3)C1)CCC2. The van der Waals surface area contributed by atoms with Crippen LogP contribution in [0.2, 0.25) is 0 Å². The lowest BCUT2D eigenvalue weighted by atomic mass is 9.79.